The summed E-state index contributed by atoms with van der Waals surface area (Å²) in [6.45, 7) is 8.21. The highest BCUT2D eigenvalue weighted by atomic mass is 35.5. The molecule has 2 heterocycles. The third-order valence-electron chi connectivity index (χ3n) is 3.09. The van der Waals surface area contributed by atoms with Crippen molar-refractivity contribution in [3.8, 4) is 0 Å². The zero-order valence-corrected chi connectivity index (χ0v) is 13.2. The average Bonchev–Trinajstić information content (AvgIpc) is 2.64. The maximum atomic E-state index is 6.22. The molecule has 2 aromatic heterocycles. The summed E-state index contributed by atoms with van der Waals surface area (Å²) in [5.74, 6) is 0.656. The molecular weight excluding hydrogens is 272 g/mol. The predicted octanol–water partition coefficient (Wildman–Crippen LogP) is 3.19. The van der Waals surface area contributed by atoms with Gasteiger partial charge < -0.3 is 5.32 Å². The molecule has 0 aliphatic heterocycles. The first-order valence-corrected chi connectivity index (χ1v) is 7.24. The van der Waals surface area contributed by atoms with Gasteiger partial charge in [-0.05, 0) is 25.5 Å². The van der Waals surface area contributed by atoms with Crippen molar-refractivity contribution in [1.82, 2.24) is 20.1 Å². The van der Waals surface area contributed by atoms with Gasteiger partial charge in [0, 0.05) is 24.5 Å². The largest absolute Gasteiger partial charge is 0.313 e. The Morgan fingerprint density at radius 2 is 2.20 bits per heavy atom. The van der Waals surface area contributed by atoms with Crippen LogP contribution in [0.5, 0.6) is 0 Å². The summed E-state index contributed by atoms with van der Waals surface area (Å²) in [5, 5.41) is 9.28. The van der Waals surface area contributed by atoms with Crippen LogP contribution in [0.15, 0.2) is 12.1 Å². The number of hydrogen-bond acceptors (Lipinski definition) is 3. The van der Waals surface area contributed by atoms with Gasteiger partial charge in [0.2, 0.25) is 0 Å². The molecule has 0 spiro atoms. The smallest absolute Gasteiger partial charge is 0.159 e. The summed E-state index contributed by atoms with van der Waals surface area (Å²) in [5.41, 5.74) is 2.73. The maximum absolute atomic E-state index is 6.22. The Labute approximate surface area is 124 Å². The van der Waals surface area contributed by atoms with Crippen LogP contribution in [0.4, 0.5) is 0 Å². The summed E-state index contributed by atoms with van der Waals surface area (Å²) in [7, 11) is 1.88. The van der Waals surface area contributed by atoms with Gasteiger partial charge in [-0.1, -0.05) is 37.6 Å². The number of aryl methyl sites for hydroxylation is 2. The van der Waals surface area contributed by atoms with E-state index >= 15 is 0 Å². The minimum atomic E-state index is 0.514. The summed E-state index contributed by atoms with van der Waals surface area (Å²) in [6.07, 6.45) is 4.08. The third-order valence-corrected chi connectivity index (χ3v) is 3.39. The number of rotatable bonds is 5. The zero-order valence-electron chi connectivity index (χ0n) is 12.4. The van der Waals surface area contributed by atoms with Crippen molar-refractivity contribution in [2.75, 3.05) is 13.1 Å². The number of aromatic nitrogens is 3. The maximum Gasteiger partial charge on any atom is 0.159 e. The Morgan fingerprint density at radius 3 is 2.90 bits per heavy atom. The van der Waals surface area contributed by atoms with Crippen molar-refractivity contribution in [2.45, 2.75) is 20.8 Å². The lowest BCUT2D eigenvalue weighted by atomic mass is 10.2. The van der Waals surface area contributed by atoms with E-state index in [1.807, 2.05) is 26.1 Å². The molecule has 1 N–H and O–H groups in total. The van der Waals surface area contributed by atoms with Crippen LogP contribution in [0.25, 0.3) is 17.1 Å². The lowest BCUT2D eigenvalue weighted by Gasteiger charge is -2.04. The molecule has 0 unspecified atom stereocenters. The van der Waals surface area contributed by atoms with Gasteiger partial charge in [-0.3, -0.25) is 4.68 Å². The Kier molecular flexibility index (Phi) is 4.78. The Balaban J connectivity index is 2.16. The van der Waals surface area contributed by atoms with Crippen LogP contribution >= 0.6 is 11.6 Å². The van der Waals surface area contributed by atoms with Crippen molar-refractivity contribution in [3.05, 3.63) is 28.6 Å². The fraction of sp³-hybridized carbons (Fsp3) is 0.467. The Bertz CT molecular complexity index is 628. The minimum absolute atomic E-state index is 0.514. The molecule has 20 heavy (non-hydrogen) atoms. The lowest BCUT2D eigenvalue weighted by Crippen LogP contribution is -2.19. The van der Waals surface area contributed by atoms with Gasteiger partial charge in [0.1, 0.15) is 5.15 Å². The van der Waals surface area contributed by atoms with Crippen molar-refractivity contribution in [2.24, 2.45) is 13.0 Å². The Hall–Kier alpha value is -1.39. The number of nitrogens with one attached hydrogen (secondary N) is 1. The average molecular weight is 293 g/mol. The molecule has 0 atom stereocenters. The molecule has 5 heteroatoms. The van der Waals surface area contributed by atoms with Gasteiger partial charge in [-0.25, -0.2) is 4.98 Å². The van der Waals surface area contributed by atoms with Crippen LogP contribution in [-0.4, -0.2) is 27.9 Å². The first kappa shape index (κ1) is 15.0. The summed E-state index contributed by atoms with van der Waals surface area (Å²) < 4.78 is 1.76. The van der Waals surface area contributed by atoms with E-state index in [-0.39, 0.29) is 0 Å². The molecule has 0 aliphatic carbocycles. The number of nitrogens with zero attached hydrogens (tertiary/aromatic N) is 3. The molecule has 0 aliphatic rings. The number of halogens is 1. The van der Waals surface area contributed by atoms with E-state index in [1.165, 1.54) is 0 Å². The topological polar surface area (TPSA) is 42.7 Å². The quantitative estimate of drug-likeness (QED) is 0.680. The molecule has 0 saturated carbocycles. The monoisotopic (exact) mass is 292 g/mol. The van der Waals surface area contributed by atoms with Crippen LogP contribution in [-0.2, 0) is 7.05 Å². The van der Waals surface area contributed by atoms with Gasteiger partial charge >= 0.3 is 0 Å². The normalized spacial score (nSPS) is 12.1. The number of fused-ring (bicyclic) bond motifs is 1. The van der Waals surface area contributed by atoms with Gasteiger partial charge in [-0.15, -0.1) is 0 Å². The number of pyridine rings is 1. The van der Waals surface area contributed by atoms with Crippen LogP contribution in [0, 0.1) is 12.8 Å². The highest BCUT2D eigenvalue weighted by Gasteiger charge is 2.09. The van der Waals surface area contributed by atoms with Crippen LogP contribution in [0.2, 0.25) is 5.15 Å². The summed E-state index contributed by atoms with van der Waals surface area (Å²) in [4.78, 5) is 4.42. The van der Waals surface area contributed by atoms with Crippen molar-refractivity contribution in [3.63, 3.8) is 0 Å². The van der Waals surface area contributed by atoms with E-state index in [1.54, 1.807) is 4.68 Å². The van der Waals surface area contributed by atoms with Gasteiger partial charge in [0.15, 0.2) is 5.65 Å². The zero-order chi connectivity index (χ0) is 14.7. The van der Waals surface area contributed by atoms with Gasteiger partial charge in [0.05, 0.1) is 5.69 Å². The van der Waals surface area contributed by atoms with E-state index in [4.69, 9.17) is 11.6 Å². The molecule has 0 saturated heterocycles. The van der Waals surface area contributed by atoms with Crippen LogP contribution < -0.4 is 5.32 Å². The molecule has 0 radical (unpaired) electrons. The van der Waals surface area contributed by atoms with Crippen molar-refractivity contribution < 1.29 is 0 Å². The van der Waals surface area contributed by atoms with E-state index in [9.17, 15) is 0 Å². The lowest BCUT2D eigenvalue weighted by molar-refractivity contribution is 0.577. The highest BCUT2D eigenvalue weighted by molar-refractivity contribution is 6.31. The highest BCUT2D eigenvalue weighted by Crippen LogP contribution is 2.23. The van der Waals surface area contributed by atoms with Crippen LogP contribution in [0.1, 0.15) is 25.1 Å². The van der Waals surface area contributed by atoms with E-state index in [0.717, 1.165) is 35.4 Å². The second-order valence-electron chi connectivity index (χ2n) is 5.40. The molecule has 0 bridgehead atoms. The predicted molar refractivity (Wildman–Crippen MR) is 85.0 cm³/mol. The molecule has 0 fully saturated rings. The molecule has 2 aromatic rings. The van der Waals surface area contributed by atoms with E-state index < -0.39 is 0 Å². The fourth-order valence-corrected chi connectivity index (χ4v) is 2.29. The number of hydrogen-bond donors (Lipinski definition) is 1. The second-order valence-corrected chi connectivity index (χ2v) is 5.76. The minimum Gasteiger partial charge on any atom is -0.313 e. The van der Waals surface area contributed by atoms with Gasteiger partial charge in [-0.2, -0.15) is 5.10 Å². The first-order valence-electron chi connectivity index (χ1n) is 6.86. The molecule has 0 aromatic carbocycles. The molecule has 108 valence electrons. The summed E-state index contributed by atoms with van der Waals surface area (Å²) in [6, 6.07) is 2.05. The standard InChI is InChI=1S/C15H21ClN4/c1-10(2)9-17-7-5-6-12-8-13-11(3)19-20(4)15(13)18-14(12)16/h5-6,8,10,17H,7,9H2,1-4H3. The fourth-order valence-electron chi connectivity index (χ4n) is 2.09. The first-order chi connectivity index (χ1) is 9.49. The Morgan fingerprint density at radius 1 is 1.45 bits per heavy atom. The third kappa shape index (κ3) is 3.38. The molecular formula is C15H21ClN4. The SMILES string of the molecule is Cc1nn(C)c2nc(Cl)c(C=CCNCC(C)C)cc12. The van der Waals surface area contributed by atoms with Crippen LogP contribution in [0.3, 0.4) is 0 Å². The molecule has 4 nitrogen and oxygen atoms in total. The molecule has 2 rings (SSSR count). The van der Waals surface area contributed by atoms with Crippen molar-refractivity contribution >= 4 is 28.7 Å². The van der Waals surface area contributed by atoms with E-state index in [2.05, 4.69) is 35.3 Å². The van der Waals surface area contributed by atoms with E-state index in [0.29, 0.717) is 11.1 Å². The molecule has 0 amide bonds. The van der Waals surface area contributed by atoms with Gasteiger partial charge in [0.25, 0.3) is 0 Å². The van der Waals surface area contributed by atoms with Crippen molar-refractivity contribution in [1.29, 1.82) is 0 Å². The second kappa shape index (κ2) is 6.37. The summed E-state index contributed by atoms with van der Waals surface area (Å²) >= 11 is 6.22.